The van der Waals surface area contributed by atoms with Gasteiger partial charge in [0.15, 0.2) is 17.5 Å². The van der Waals surface area contributed by atoms with Crippen LogP contribution < -0.4 is 5.32 Å². The molecule has 168 valence electrons. The van der Waals surface area contributed by atoms with Gasteiger partial charge in [0, 0.05) is 35.6 Å². The average molecular weight is 472 g/mol. The molecule has 0 atom stereocenters. The van der Waals surface area contributed by atoms with Gasteiger partial charge in [0.1, 0.15) is 0 Å². The molecule has 0 bridgehead atoms. The fraction of sp³-hybridized carbons (Fsp3) is 0.0909. The van der Waals surface area contributed by atoms with Crippen molar-refractivity contribution in [3.8, 4) is 22.4 Å². The number of halogens is 3. The third-order valence-corrected chi connectivity index (χ3v) is 5.44. The fourth-order valence-corrected chi connectivity index (χ4v) is 3.67. The minimum atomic E-state index is -1.20. The molecule has 0 aliphatic carbocycles. The number of aromatic carboxylic acids is 1. The van der Waals surface area contributed by atoms with Gasteiger partial charge in [-0.2, -0.15) is 5.10 Å². The summed E-state index contributed by atoms with van der Waals surface area (Å²) in [6, 6.07) is 6.76. The van der Waals surface area contributed by atoms with Crippen molar-refractivity contribution in [2.24, 2.45) is 7.05 Å². The monoisotopic (exact) mass is 471 g/mol. The number of amides is 1. The summed E-state index contributed by atoms with van der Waals surface area (Å²) in [5, 5.41) is 18.1. The number of carboxylic acids is 1. The summed E-state index contributed by atoms with van der Waals surface area (Å²) in [5.74, 6) is -4.04. The number of H-pyrrole nitrogens is 1. The summed E-state index contributed by atoms with van der Waals surface area (Å²) in [4.78, 5) is 27.8. The van der Waals surface area contributed by atoms with Crippen LogP contribution >= 0.6 is 11.6 Å². The van der Waals surface area contributed by atoms with Crippen LogP contribution in [0.25, 0.3) is 22.4 Å². The number of nitrogens with one attached hydrogen (secondary N) is 2. The number of aromatic amines is 1. The van der Waals surface area contributed by atoms with E-state index in [9.17, 15) is 18.4 Å². The topological polar surface area (TPSA) is 113 Å². The van der Waals surface area contributed by atoms with Gasteiger partial charge in [0.05, 0.1) is 28.2 Å². The molecular weight excluding hydrogens is 456 g/mol. The number of carbonyl (C=O) groups excluding carboxylic acids is 1. The molecule has 0 spiro atoms. The maximum Gasteiger partial charge on any atom is 0.337 e. The molecule has 0 fully saturated rings. The number of hydrogen-bond donors (Lipinski definition) is 3. The molecule has 0 saturated heterocycles. The van der Waals surface area contributed by atoms with E-state index in [2.05, 4.69) is 20.5 Å². The summed E-state index contributed by atoms with van der Waals surface area (Å²) >= 11 is 5.92. The lowest BCUT2D eigenvalue weighted by atomic mass is 10.0. The molecule has 0 saturated carbocycles. The Morgan fingerprint density at radius 1 is 1.12 bits per heavy atom. The van der Waals surface area contributed by atoms with Gasteiger partial charge in [-0.05, 0) is 31.2 Å². The van der Waals surface area contributed by atoms with Crippen LogP contribution in [0.4, 0.5) is 14.5 Å². The highest BCUT2D eigenvalue weighted by molar-refractivity contribution is 6.33. The summed E-state index contributed by atoms with van der Waals surface area (Å²) in [6.45, 7) is 1.67. The van der Waals surface area contributed by atoms with Crippen LogP contribution in [-0.2, 0) is 7.05 Å². The first kappa shape index (κ1) is 22.2. The van der Waals surface area contributed by atoms with Gasteiger partial charge in [-0.3, -0.25) is 9.89 Å². The van der Waals surface area contributed by atoms with E-state index < -0.39 is 23.5 Å². The lowest BCUT2D eigenvalue weighted by Crippen LogP contribution is -2.17. The number of anilines is 1. The van der Waals surface area contributed by atoms with Crippen LogP contribution in [0.2, 0.25) is 5.02 Å². The quantitative estimate of drug-likeness (QED) is 0.391. The Kier molecular flexibility index (Phi) is 5.69. The van der Waals surface area contributed by atoms with E-state index >= 15 is 0 Å². The highest BCUT2D eigenvalue weighted by atomic mass is 35.5. The van der Waals surface area contributed by atoms with Crippen molar-refractivity contribution < 1.29 is 23.5 Å². The standard InChI is InChI=1S/C22H16ClF2N5O3/c1-10-15(8-27-29-10)12-5-6-14(19(25)18(12)24)17-9-26-20(30(17)2)21(31)28-11-3-4-13(22(32)33)16(23)7-11/h3-9H,1-2H3,(H,27,29)(H,28,31)(H,32,33). The van der Waals surface area contributed by atoms with Crippen LogP contribution in [0.15, 0.2) is 42.7 Å². The van der Waals surface area contributed by atoms with Crippen LogP contribution in [0, 0.1) is 18.6 Å². The Bertz CT molecular complexity index is 1410. The van der Waals surface area contributed by atoms with E-state index in [1.807, 2.05) is 0 Å². The van der Waals surface area contributed by atoms with Crippen molar-refractivity contribution in [3.05, 3.63) is 76.5 Å². The number of hydrogen-bond acceptors (Lipinski definition) is 4. The molecule has 4 rings (SSSR count). The van der Waals surface area contributed by atoms with E-state index in [-0.39, 0.29) is 38.9 Å². The number of nitrogens with zero attached hydrogens (tertiary/aromatic N) is 3. The highest BCUT2D eigenvalue weighted by Crippen LogP contribution is 2.32. The predicted molar refractivity (Wildman–Crippen MR) is 117 cm³/mol. The minimum absolute atomic E-state index is 0.0497. The molecule has 2 aromatic heterocycles. The van der Waals surface area contributed by atoms with Gasteiger partial charge in [-0.15, -0.1) is 0 Å². The number of rotatable bonds is 5. The fourth-order valence-electron chi connectivity index (χ4n) is 3.41. The maximum absolute atomic E-state index is 14.9. The van der Waals surface area contributed by atoms with E-state index in [1.165, 1.54) is 54.3 Å². The number of carboxylic acid groups (broad SMARTS) is 1. The van der Waals surface area contributed by atoms with Gasteiger partial charge in [0.2, 0.25) is 0 Å². The molecule has 0 aliphatic heterocycles. The van der Waals surface area contributed by atoms with Crippen LogP contribution in [-0.4, -0.2) is 36.7 Å². The molecule has 0 aliphatic rings. The molecule has 8 nitrogen and oxygen atoms in total. The van der Waals surface area contributed by atoms with Gasteiger partial charge < -0.3 is 15.0 Å². The zero-order valence-electron chi connectivity index (χ0n) is 17.3. The smallest absolute Gasteiger partial charge is 0.337 e. The largest absolute Gasteiger partial charge is 0.478 e. The van der Waals surface area contributed by atoms with Crippen LogP contribution in [0.3, 0.4) is 0 Å². The van der Waals surface area contributed by atoms with Crippen LogP contribution in [0.5, 0.6) is 0 Å². The van der Waals surface area contributed by atoms with E-state index in [0.717, 1.165) is 0 Å². The first-order valence-electron chi connectivity index (χ1n) is 9.54. The van der Waals surface area contributed by atoms with Crippen LogP contribution in [0.1, 0.15) is 26.7 Å². The lowest BCUT2D eigenvalue weighted by molar-refractivity contribution is 0.0697. The van der Waals surface area contributed by atoms with E-state index in [4.69, 9.17) is 16.7 Å². The molecular formula is C22H16ClF2N5O3. The summed E-state index contributed by atoms with van der Waals surface area (Å²) in [6.07, 6.45) is 2.74. The van der Waals surface area contributed by atoms with Crippen molar-refractivity contribution in [2.75, 3.05) is 5.32 Å². The number of imidazole rings is 1. The lowest BCUT2D eigenvalue weighted by Gasteiger charge is -2.10. The van der Waals surface area contributed by atoms with Gasteiger partial charge in [-0.1, -0.05) is 17.7 Å². The number of carbonyl (C=O) groups is 2. The first-order chi connectivity index (χ1) is 15.7. The molecule has 2 heterocycles. The summed E-state index contributed by atoms with van der Waals surface area (Å²) < 4.78 is 31.1. The summed E-state index contributed by atoms with van der Waals surface area (Å²) in [5.41, 5.74) is 1.28. The van der Waals surface area contributed by atoms with Gasteiger partial charge in [-0.25, -0.2) is 18.6 Å². The zero-order chi connectivity index (χ0) is 23.9. The number of aromatic nitrogens is 4. The van der Waals surface area contributed by atoms with Gasteiger partial charge >= 0.3 is 5.97 Å². The molecule has 1 amide bonds. The second kappa shape index (κ2) is 8.47. The second-order valence-electron chi connectivity index (χ2n) is 7.15. The Balaban J connectivity index is 1.64. The average Bonchev–Trinajstić information content (AvgIpc) is 3.35. The second-order valence-corrected chi connectivity index (χ2v) is 7.56. The zero-order valence-corrected chi connectivity index (χ0v) is 18.0. The van der Waals surface area contributed by atoms with E-state index in [0.29, 0.717) is 11.3 Å². The third-order valence-electron chi connectivity index (χ3n) is 5.13. The molecule has 11 heteroatoms. The number of benzene rings is 2. The maximum atomic E-state index is 14.9. The summed E-state index contributed by atoms with van der Waals surface area (Å²) in [7, 11) is 1.49. The third kappa shape index (κ3) is 3.96. The molecule has 0 unspecified atom stereocenters. The predicted octanol–water partition coefficient (Wildman–Crippen LogP) is 4.67. The minimum Gasteiger partial charge on any atom is -0.478 e. The molecule has 4 aromatic rings. The molecule has 3 N–H and O–H groups in total. The Labute approximate surface area is 190 Å². The van der Waals surface area contributed by atoms with Crippen molar-refractivity contribution in [3.63, 3.8) is 0 Å². The Morgan fingerprint density at radius 2 is 1.82 bits per heavy atom. The number of aryl methyl sites for hydroxylation is 1. The first-order valence-corrected chi connectivity index (χ1v) is 9.91. The van der Waals surface area contributed by atoms with E-state index in [1.54, 1.807) is 6.92 Å². The normalized spacial score (nSPS) is 10.9. The van der Waals surface area contributed by atoms with Crippen molar-refractivity contribution in [2.45, 2.75) is 6.92 Å². The highest BCUT2D eigenvalue weighted by Gasteiger charge is 2.22. The van der Waals surface area contributed by atoms with Crippen molar-refractivity contribution >= 4 is 29.2 Å². The molecule has 0 radical (unpaired) electrons. The van der Waals surface area contributed by atoms with Crippen molar-refractivity contribution in [1.29, 1.82) is 0 Å². The SMILES string of the molecule is Cc1n[nH]cc1-c1ccc(-c2cnc(C(=O)Nc3ccc(C(=O)O)c(Cl)c3)n2C)c(F)c1F. The molecule has 33 heavy (non-hydrogen) atoms. The van der Waals surface area contributed by atoms with Gasteiger partial charge in [0.25, 0.3) is 5.91 Å². The molecule has 2 aromatic carbocycles. The Morgan fingerprint density at radius 3 is 2.45 bits per heavy atom. The van der Waals surface area contributed by atoms with Crippen molar-refractivity contribution in [1.82, 2.24) is 19.7 Å². The Hall–Kier alpha value is -4.05.